The molecule has 7 heteroatoms. The number of rotatable bonds is 1. The van der Waals surface area contributed by atoms with E-state index >= 15 is 0 Å². The van der Waals surface area contributed by atoms with E-state index in [0.29, 0.717) is 5.65 Å². The summed E-state index contributed by atoms with van der Waals surface area (Å²) in [5.74, 6) is -1.31. The van der Waals surface area contributed by atoms with Crippen LogP contribution in [0, 0.1) is 0 Å². The van der Waals surface area contributed by atoms with Gasteiger partial charge in [-0.3, -0.25) is 0 Å². The van der Waals surface area contributed by atoms with Gasteiger partial charge in [0.1, 0.15) is 12.0 Å². The van der Waals surface area contributed by atoms with Crippen molar-refractivity contribution in [1.82, 2.24) is 19.8 Å². The first-order chi connectivity index (χ1) is 5.77. The van der Waals surface area contributed by atoms with Gasteiger partial charge in [0.2, 0.25) is 0 Å². The molecule has 0 atom stereocenters. The van der Waals surface area contributed by atoms with Crippen LogP contribution in [0.1, 0.15) is 10.5 Å². The largest absolute Gasteiger partial charge is 1.00 e. The molecule has 0 aliphatic heterocycles. The minimum absolute atomic E-state index is 0. The first-order valence-corrected chi connectivity index (χ1v) is 3.16. The average molecular weight is 186 g/mol. The summed E-state index contributed by atoms with van der Waals surface area (Å²) in [7, 11) is 0. The van der Waals surface area contributed by atoms with E-state index in [0.717, 1.165) is 0 Å². The van der Waals surface area contributed by atoms with Gasteiger partial charge in [0.25, 0.3) is 0 Å². The van der Waals surface area contributed by atoms with Crippen LogP contribution < -0.4 is 34.7 Å². The zero-order valence-electron chi connectivity index (χ0n) is 6.84. The van der Waals surface area contributed by atoms with Crippen molar-refractivity contribution in [2.75, 3.05) is 0 Å². The second-order valence-corrected chi connectivity index (χ2v) is 2.14. The normalized spacial score (nSPS) is 9.54. The minimum Gasteiger partial charge on any atom is -0.543 e. The van der Waals surface area contributed by atoms with Crippen LogP contribution >= 0.6 is 0 Å². The fourth-order valence-electron chi connectivity index (χ4n) is 0.837. The van der Waals surface area contributed by atoms with E-state index in [9.17, 15) is 9.90 Å². The molecule has 2 rings (SSSR count). The molecule has 2 aromatic rings. The molecule has 0 saturated carbocycles. The summed E-state index contributed by atoms with van der Waals surface area (Å²) in [4.78, 5) is 10.3. The van der Waals surface area contributed by atoms with Crippen molar-refractivity contribution in [1.29, 1.82) is 0 Å². The Bertz CT molecular complexity index is 441. The molecular formula is C6H3N4NaO2. The van der Waals surface area contributed by atoms with Crippen LogP contribution in [0.5, 0.6) is 0 Å². The Morgan fingerprint density at radius 2 is 2.23 bits per heavy atom. The van der Waals surface area contributed by atoms with Crippen molar-refractivity contribution in [2.45, 2.75) is 0 Å². The smallest absolute Gasteiger partial charge is 0.543 e. The van der Waals surface area contributed by atoms with E-state index < -0.39 is 5.97 Å². The van der Waals surface area contributed by atoms with Crippen LogP contribution in [-0.2, 0) is 0 Å². The summed E-state index contributed by atoms with van der Waals surface area (Å²) in [5.41, 5.74) is 0.363. The Hall–Kier alpha value is -0.980. The molecule has 0 radical (unpaired) electrons. The van der Waals surface area contributed by atoms with Crippen molar-refractivity contribution < 1.29 is 39.5 Å². The monoisotopic (exact) mass is 186 g/mol. The van der Waals surface area contributed by atoms with Crippen molar-refractivity contribution in [3.05, 3.63) is 24.2 Å². The van der Waals surface area contributed by atoms with Gasteiger partial charge in [-0.2, -0.15) is 9.61 Å². The first-order valence-electron chi connectivity index (χ1n) is 3.16. The summed E-state index contributed by atoms with van der Waals surface area (Å²) in [5, 5.41) is 21.2. The second-order valence-electron chi connectivity index (χ2n) is 2.14. The van der Waals surface area contributed by atoms with Crippen molar-refractivity contribution in [2.24, 2.45) is 0 Å². The quantitative estimate of drug-likeness (QED) is 0.419. The number of fused-ring (bicyclic) bond motifs is 1. The first kappa shape index (κ1) is 10.1. The number of hydrogen-bond donors (Lipinski definition) is 0. The van der Waals surface area contributed by atoms with Crippen LogP contribution in [0.3, 0.4) is 0 Å². The summed E-state index contributed by atoms with van der Waals surface area (Å²) in [6.45, 7) is 0. The predicted octanol–water partition coefficient (Wildman–Crippen LogP) is -4.51. The third-order valence-electron chi connectivity index (χ3n) is 1.37. The van der Waals surface area contributed by atoms with E-state index in [1.807, 2.05) is 0 Å². The Morgan fingerprint density at radius 1 is 1.46 bits per heavy atom. The van der Waals surface area contributed by atoms with Gasteiger partial charge in [-0.25, -0.2) is 0 Å². The molecule has 0 aromatic carbocycles. The summed E-state index contributed by atoms with van der Waals surface area (Å²) >= 11 is 0. The van der Waals surface area contributed by atoms with E-state index in [1.165, 1.54) is 23.0 Å². The average Bonchev–Trinajstić information content (AvgIpc) is 2.49. The van der Waals surface area contributed by atoms with Crippen LogP contribution in [0.4, 0.5) is 0 Å². The molecule has 0 bridgehead atoms. The zero-order chi connectivity index (χ0) is 8.55. The summed E-state index contributed by atoms with van der Waals surface area (Å²) in [6, 6.07) is 2.82. The number of carbonyl (C=O) groups is 1. The molecule has 0 unspecified atom stereocenters. The molecule has 0 fully saturated rings. The van der Waals surface area contributed by atoms with Gasteiger partial charge in [-0.1, -0.05) is 0 Å². The number of aromatic carboxylic acids is 1. The Labute approximate surface area is 94.9 Å². The van der Waals surface area contributed by atoms with Gasteiger partial charge in [0.05, 0.1) is 5.97 Å². The van der Waals surface area contributed by atoms with Crippen LogP contribution in [0.25, 0.3) is 5.65 Å². The Morgan fingerprint density at radius 3 is 2.92 bits per heavy atom. The predicted molar refractivity (Wildman–Crippen MR) is 35.1 cm³/mol. The molecule has 60 valence electrons. The SMILES string of the molecule is O=C([O-])c1ccc2nncn2n1.[Na+]. The van der Waals surface area contributed by atoms with Crippen molar-refractivity contribution >= 4 is 11.6 Å². The van der Waals surface area contributed by atoms with E-state index in [4.69, 9.17) is 0 Å². The maximum absolute atomic E-state index is 10.3. The second kappa shape index (κ2) is 3.82. The Kier molecular flexibility index (Phi) is 2.97. The van der Waals surface area contributed by atoms with Crippen molar-refractivity contribution in [3.63, 3.8) is 0 Å². The van der Waals surface area contributed by atoms with Crippen LogP contribution in [0.15, 0.2) is 18.5 Å². The van der Waals surface area contributed by atoms with Gasteiger partial charge in [-0.05, 0) is 12.1 Å². The number of nitrogens with zero attached hydrogens (tertiary/aromatic N) is 4. The molecule has 0 N–H and O–H groups in total. The maximum Gasteiger partial charge on any atom is 1.00 e. The van der Waals surface area contributed by atoms with Crippen molar-refractivity contribution in [3.8, 4) is 0 Å². The minimum atomic E-state index is -1.31. The molecule has 2 heterocycles. The summed E-state index contributed by atoms with van der Waals surface area (Å²) in [6.07, 6.45) is 1.32. The van der Waals surface area contributed by atoms with Crippen LogP contribution in [-0.4, -0.2) is 25.8 Å². The molecule has 0 amide bonds. The number of carbonyl (C=O) groups excluding carboxylic acids is 1. The molecular weight excluding hydrogens is 183 g/mol. The van der Waals surface area contributed by atoms with Gasteiger partial charge in [0.15, 0.2) is 5.65 Å². The molecule has 2 aromatic heterocycles. The molecule has 6 nitrogen and oxygen atoms in total. The van der Waals surface area contributed by atoms with E-state index in [2.05, 4.69) is 15.3 Å². The summed E-state index contributed by atoms with van der Waals surface area (Å²) < 4.78 is 1.27. The maximum atomic E-state index is 10.3. The molecule has 0 aliphatic rings. The van der Waals surface area contributed by atoms with Gasteiger partial charge >= 0.3 is 29.6 Å². The number of carboxylic acid groups (broad SMARTS) is 1. The Balaban J connectivity index is 0.000000845. The molecule has 0 saturated heterocycles. The van der Waals surface area contributed by atoms with E-state index in [-0.39, 0.29) is 35.3 Å². The number of carboxylic acids is 1. The van der Waals surface area contributed by atoms with Gasteiger partial charge < -0.3 is 9.90 Å². The third-order valence-corrected chi connectivity index (χ3v) is 1.37. The standard InChI is InChI=1S/C6H4N4O2.Na/c11-6(12)4-1-2-5-8-7-3-10(5)9-4;/h1-3H,(H,11,12);/q;+1/p-1. The molecule has 13 heavy (non-hydrogen) atoms. The number of aromatic nitrogens is 4. The number of hydrogen-bond acceptors (Lipinski definition) is 5. The van der Waals surface area contributed by atoms with Gasteiger partial charge in [-0.15, -0.1) is 10.2 Å². The zero-order valence-corrected chi connectivity index (χ0v) is 8.84. The molecule has 0 spiro atoms. The topological polar surface area (TPSA) is 83.2 Å². The molecule has 0 aliphatic carbocycles. The third kappa shape index (κ3) is 1.85. The fraction of sp³-hybridized carbons (Fsp3) is 0. The van der Waals surface area contributed by atoms with E-state index in [1.54, 1.807) is 0 Å². The fourth-order valence-corrected chi connectivity index (χ4v) is 0.837. The van der Waals surface area contributed by atoms with Gasteiger partial charge in [0, 0.05) is 0 Å². The van der Waals surface area contributed by atoms with Crippen LogP contribution in [0.2, 0.25) is 0 Å².